The molecule has 0 spiro atoms. The summed E-state index contributed by atoms with van der Waals surface area (Å²) in [4.78, 5) is 36.1. The second kappa shape index (κ2) is 13.3. The number of ether oxygens (including phenoxy) is 1. The van der Waals surface area contributed by atoms with Gasteiger partial charge in [-0.25, -0.2) is 22.8 Å². The Kier molecular flexibility index (Phi) is 9.74. The molecule has 0 bridgehead atoms. The smallest absolute Gasteiger partial charge is 0.326 e. The number of rotatable bonds is 10. The fourth-order valence-corrected chi connectivity index (χ4v) is 5.66. The van der Waals surface area contributed by atoms with Crippen LogP contribution in [0.4, 0.5) is 16.0 Å². The molecule has 11 nitrogen and oxygen atoms in total. The Balaban J connectivity index is 1.43. The van der Waals surface area contributed by atoms with Crippen LogP contribution >= 0.6 is 0 Å². The van der Waals surface area contributed by atoms with E-state index in [4.69, 9.17) is 4.74 Å². The monoisotopic (exact) mass is 598 g/mol. The SMILES string of the molecule is CC(C)(C)OC(=O)[C@H](CNC(=O)c1cccc(N2CCC(Nc3ncccn3)CC2)c1F)NS(=O)(=O)c1ccccc1. The Morgan fingerprint density at radius 2 is 1.69 bits per heavy atom. The Morgan fingerprint density at radius 1 is 1.02 bits per heavy atom. The summed E-state index contributed by atoms with van der Waals surface area (Å²) in [5.41, 5.74) is -0.848. The standard InChI is InChI=1S/C29H35FN6O5S/c1-29(2,3)41-27(38)23(35-42(39,40)21-9-5-4-6-10-21)19-33-26(37)22-11-7-12-24(25(22)30)36-17-13-20(14-18-36)34-28-31-15-8-16-32-28/h4-12,15-16,20,23,35H,13-14,17-19H2,1-3H3,(H,33,37)(H,31,32,34)/t23-/m0/s1. The highest BCUT2D eigenvalue weighted by Crippen LogP contribution is 2.26. The van der Waals surface area contributed by atoms with Gasteiger partial charge in [0.15, 0.2) is 5.82 Å². The third-order valence-electron chi connectivity index (χ3n) is 6.47. The van der Waals surface area contributed by atoms with E-state index in [0.29, 0.717) is 31.9 Å². The first-order valence-electron chi connectivity index (χ1n) is 13.6. The lowest BCUT2D eigenvalue weighted by atomic mass is 10.0. The number of esters is 1. The normalized spacial score (nSPS) is 15.1. The lowest BCUT2D eigenvalue weighted by Gasteiger charge is -2.34. The Bertz CT molecular complexity index is 1480. The van der Waals surface area contributed by atoms with E-state index in [0.717, 1.165) is 0 Å². The maximum atomic E-state index is 15.6. The lowest BCUT2D eigenvalue weighted by molar-refractivity contribution is -0.156. The summed E-state index contributed by atoms with van der Waals surface area (Å²) < 4.78 is 49.1. The van der Waals surface area contributed by atoms with Crippen molar-refractivity contribution in [3.63, 3.8) is 0 Å². The largest absolute Gasteiger partial charge is 0.459 e. The van der Waals surface area contributed by atoms with Gasteiger partial charge in [0.05, 0.1) is 16.1 Å². The van der Waals surface area contributed by atoms with Gasteiger partial charge in [-0.05, 0) is 63.9 Å². The van der Waals surface area contributed by atoms with E-state index in [1.54, 1.807) is 69.6 Å². The molecule has 1 atom stereocenters. The maximum absolute atomic E-state index is 15.6. The first-order chi connectivity index (χ1) is 19.9. The molecule has 0 aliphatic carbocycles. The van der Waals surface area contributed by atoms with Crippen LogP contribution in [-0.2, 0) is 19.6 Å². The van der Waals surface area contributed by atoms with E-state index >= 15 is 4.39 Å². The predicted octanol–water partition coefficient (Wildman–Crippen LogP) is 3.12. The zero-order valence-corrected chi connectivity index (χ0v) is 24.5. The molecule has 1 aliphatic heterocycles. The number of piperidine rings is 1. The lowest BCUT2D eigenvalue weighted by Crippen LogP contribution is -2.50. The van der Waals surface area contributed by atoms with Crippen molar-refractivity contribution >= 4 is 33.5 Å². The topological polar surface area (TPSA) is 143 Å². The van der Waals surface area contributed by atoms with Gasteiger partial charge < -0.3 is 20.3 Å². The molecule has 224 valence electrons. The molecular formula is C29H35FN6O5S. The van der Waals surface area contributed by atoms with E-state index in [9.17, 15) is 18.0 Å². The van der Waals surface area contributed by atoms with Gasteiger partial charge in [-0.15, -0.1) is 0 Å². The van der Waals surface area contributed by atoms with Crippen molar-refractivity contribution in [3.05, 3.63) is 78.4 Å². The number of sulfonamides is 1. The van der Waals surface area contributed by atoms with Crippen molar-refractivity contribution in [2.75, 3.05) is 29.9 Å². The molecule has 1 saturated heterocycles. The molecule has 1 amide bonds. The minimum atomic E-state index is -4.12. The number of carbonyl (C=O) groups excluding carboxylic acids is 2. The van der Waals surface area contributed by atoms with Crippen LogP contribution in [0.5, 0.6) is 0 Å². The molecular weight excluding hydrogens is 563 g/mol. The average Bonchev–Trinajstić information content (AvgIpc) is 2.96. The van der Waals surface area contributed by atoms with Gasteiger partial charge in [0.1, 0.15) is 11.6 Å². The number of hydrogen-bond acceptors (Lipinski definition) is 9. The summed E-state index contributed by atoms with van der Waals surface area (Å²) in [6.07, 6.45) is 4.75. The highest BCUT2D eigenvalue weighted by atomic mass is 32.2. The summed E-state index contributed by atoms with van der Waals surface area (Å²) in [5.74, 6) is -1.84. The fourth-order valence-electron chi connectivity index (χ4n) is 4.45. The van der Waals surface area contributed by atoms with Crippen molar-refractivity contribution in [1.82, 2.24) is 20.0 Å². The van der Waals surface area contributed by atoms with Crippen LogP contribution < -0.4 is 20.3 Å². The average molecular weight is 599 g/mol. The molecule has 3 aromatic rings. The minimum Gasteiger partial charge on any atom is -0.459 e. The molecule has 0 radical (unpaired) electrons. The van der Waals surface area contributed by atoms with E-state index in [1.807, 2.05) is 4.90 Å². The van der Waals surface area contributed by atoms with Gasteiger partial charge >= 0.3 is 5.97 Å². The molecule has 4 rings (SSSR count). The van der Waals surface area contributed by atoms with E-state index in [1.165, 1.54) is 18.2 Å². The van der Waals surface area contributed by atoms with Crippen LogP contribution in [0.15, 0.2) is 71.9 Å². The quantitative estimate of drug-likeness (QED) is 0.300. The predicted molar refractivity (Wildman–Crippen MR) is 156 cm³/mol. The molecule has 2 heterocycles. The third-order valence-corrected chi connectivity index (χ3v) is 7.95. The maximum Gasteiger partial charge on any atom is 0.326 e. The number of halogens is 1. The van der Waals surface area contributed by atoms with Gasteiger partial charge in [-0.2, -0.15) is 4.72 Å². The van der Waals surface area contributed by atoms with Gasteiger partial charge in [-0.1, -0.05) is 24.3 Å². The Hall–Kier alpha value is -4.10. The summed E-state index contributed by atoms with van der Waals surface area (Å²) in [6, 6.07) is 12.4. The summed E-state index contributed by atoms with van der Waals surface area (Å²) in [5, 5.41) is 5.78. The summed E-state index contributed by atoms with van der Waals surface area (Å²) in [7, 11) is -4.12. The number of nitrogens with zero attached hydrogens (tertiary/aromatic N) is 3. The van der Waals surface area contributed by atoms with E-state index in [-0.39, 0.29) is 22.2 Å². The molecule has 0 saturated carbocycles. The van der Waals surface area contributed by atoms with Crippen molar-refractivity contribution < 1.29 is 27.1 Å². The molecule has 1 fully saturated rings. The zero-order valence-electron chi connectivity index (χ0n) is 23.7. The van der Waals surface area contributed by atoms with Crippen molar-refractivity contribution in [1.29, 1.82) is 0 Å². The van der Waals surface area contributed by atoms with Gasteiger partial charge in [0, 0.05) is 38.1 Å². The van der Waals surface area contributed by atoms with Gasteiger partial charge in [0.2, 0.25) is 16.0 Å². The van der Waals surface area contributed by atoms with Crippen LogP contribution in [0.2, 0.25) is 0 Å². The van der Waals surface area contributed by atoms with Crippen molar-refractivity contribution in [3.8, 4) is 0 Å². The Labute approximate surface area is 244 Å². The molecule has 1 aliphatic rings. The van der Waals surface area contributed by atoms with Crippen molar-refractivity contribution in [2.24, 2.45) is 0 Å². The number of carbonyl (C=O) groups is 2. The molecule has 1 aromatic heterocycles. The second-order valence-electron chi connectivity index (χ2n) is 10.8. The van der Waals surface area contributed by atoms with E-state index in [2.05, 4.69) is 25.3 Å². The summed E-state index contributed by atoms with van der Waals surface area (Å²) >= 11 is 0. The third kappa shape index (κ3) is 8.23. The molecule has 0 unspecified atom stereocenters. The molecule has 42 heavy (non-hydrogen) atoms. The first-order valence-corrected chi connectivity index (χ1v) is 15.1. The van der Waals surface area contributed by atoms with Gasteiger partial charge in [0.25, 0.3) is 5.91 Å². The Morgan fingerprint density at radius 3 is 2.33 bits per heavy atom. The number of anilines is 2. The number of amides is 1. The number of hydrogen-bond donors (Lipinski definition) is 3. The highest BCUT2D eigenvalue weighted by Gasteiger charge is 2.31. The summed E-state index contributed by atoms with van der Waals surface area (Å²) in [6.45, 7) is 5.56. The molecule has 3 N–H and O–H groups in total. The van der Waals surface area contributed by atoms with Crippen LogP contribution in [0.25, 0.3) is 0 Å². The van der Waals surface area contributed by atoms with Crippen LogP contribution in [-0.4, -0.2) is 67.6 Å². The van der Waals surface area contributed by atoms with Crippen LogP contribution in [0, 0.1) is 5.82 Å². The second-order valence-corrected chi connectivity index (χ2v) is 12.6. The van der Waals surface area contributed by atoms with Crippen molar-refractivity contribution in [2.45, 2.75) is 56.2 Å². The number of nitrogens with one attached hydrogen (secondary N) is 3. The van der Waals surface area contributed by atoms with Crippen LogP contribution in [0.1, 0.15) is 44.0 Å². The molecule has 13 heteroatoms. The van der Waals surface area contributed by atoms with Crippen LogP contribution in [0.3, 0.4) is 0 Å². The highest BCUT2D eigenvalue weighted by molar-refractivity contribution is 7.89. The molecule has 2 aromatic carbocycles. The fraction of sp³-hybridized carbons (Fsp3) is 0.379. The van der Waals surface area contributed by atoms with E-state index < -0.39 is 45.9 Å². The first kappa shape index (κ1) is 30.8. The van der Waals surface area contributed by atoms with Gasteiger partial charge in [-0.3, -0.25) is 9.59 Å². The minimum absolute atomic E-state index is 0.0566. The number of benzene rings is 2. The number of aromatic nitrogens is 2. The zero-order chi connectivity index (χ0) is 30.3.